The summed E-state index contributed by atoms with van der Waals surface area (Å²) in [7, 11) is -8.94. The van der Waals surface area contributed by atoms with Crippen LogP contribution in [0, 0.1) is 0 Å². The quantitative estimate of drug-likeness (QED) is 0.0629. The van der Waals surface area contributed by atoms with Crippen molar-refractivity contribution in [2.45, 2.75) is 47.5 Å². The molecular formula is C35H40F2N2O11S2. The molecule has 52 heavy (non-hydrogen) atoms. The van der Waals surface area contributed by atoms with Gasteiger partial charge in [-0.2, -0.15) is 25.6 Å². The van der Waals surface area contributed by atoms with Crippen LogP contribution in [-0.2, 0) is 30.9 Å². The first-order valence-corrected chi connectivity index (χ1v) is 18.7. The molecule has 0 saturated heterocycles. The van der Waals surface area contributed by atoms with Gasteiger partial charge in [-0.15, -0.1) is 0 Å². The van der Waals surface area contributed by atoms with Gasteiger partial charge >= 0.3 is 0 Å². The summed E-state index contributed by atoms with van der Waals surface area (Å²) in [5.41, 5.74) is 0.573. The molecule has 0 aliphatic heterocycles. The van der Waals surface area contributed by atoms with E-state index < -0.39 is 48.7 Å². The average molecular weight is 767 g/mol. The van der Waals surface area contributed by atoms with Gasteiger partial charge < -0.3 is 30.7 Å². The number of rotatable bonds is 15. The van der Waals surface area contributed by atoms with E-state index in [-0.39, 0.29) is 33.1 Å². The standard InChI is InChI=1S/C25H30F2N2O4.C10H8O6S2.H2O/c26-25(27,18-8-4-3-5-9-18)17-33-15-7-2-1-6-14-28-16-22(31)19-10-12-21(30)24-20(19)11-13-23(32)29-24;11-17(12,13)9-5-1-3-7-8(9)4-2-6-10(7)18(14,15)16;/h3-5,8-13,22,28,30-31H,1-2,6-7,14-17H2,(H,29,32);1-6H,(H,11,12,13)(H,14,15,16);1H2/t22-;;/m0../s1. The number of aromatic nitrogens is 1. The number of aliphatic hydroxyl groups is 1. The van der Waals surface area contributed by atoms with Crippen molar-refractivity contribution in [3.63, 3.8) is 0 Å². The number of aromatic amines is 1. The second-order valence-electron chi connectivity index (χ2n) is 11.6. The molecule has 1 atom stereocenters. The highest BCUT2D eigenvalue weighted by Gasteiger charge is 2.31. The molecule has 8 N–H and O–H groups in total. The largest absolute Gasteiger partial charge is 0.506 e. The van der Waals surface area contributed by atoms with Gasteiger partial charge in [-0.3, -0.25) is 13.9 Å². The molecule has 1 heterocycles. The van der Waals surface area contributed by atoms with E-state index in [9.17, 15) is 40.6 Å². The number of pyridine rings is 1. The minimum atomic E-state index is -4.47. The minimum absolute atomic E-state index is 0. The Hall–Kier alpha value is -4.33. The van der Waals surface area contributed by atoms with Crippen LogP contribution in [0.3, 0.4) is 0 Å². The molecule has 5 aromatic rings. The first-order chi connectivity index (χ1) is 24.1. The molecule has 0 radical (unpaired) electrons. The van der Waals surface area contributed by atoms with Gasteiger partial charge in [-0.1, -0.05) is 73.5 Å². The molecule has 4 aromatic carbocycles. The number of fused-ring (bicyclic) bond motifs is 2. The van der Waals surface area contributed by atoms with Crippen LogP contribution in [-0.4, -0.2) is 72.9 Å². The number of alkyl halides is 2. The average Bonchev–Trinajstić information content (AvgIpc) is 3.08. The molecule has 0 spiro atoms. The van der Waals surface area contributed by atoms with Crippen LogP contribution in [0.1, 0.15) is 42.9 Å². The lowest BCUT2D eigenvalue weighted by Gasteiger charge is -2.16. The second kappa shape index (κ2) is 18.4. The number of ether oxygens (including phenoxy) is 1. The lowest BCUT2D eigenvalue weighted by molar-refractivity contribution is -0.0831. The maximum atomic E-state index is 14.0. The Kier molecular flexibility index (Phi) is 14.9. The first-order valence-electron chi connectivity index (χ1n) is 15.8. The Morgan fingerprint density at radius 2 is 1.35 bits per heavy atom. The zero-order chi connectivity index (χ0) is 37.2. The van der Waals surface area contributed by atoms with Crippen LogP contribution in [0.5, 0.6) is 5.75 Å². The second-order valence-corrected chi connectivity index (χ2v) is 14.4. The van der Waals surface area contributed by atoms with Crippen LogP contribution in [0.2, 0.25) is 0 Å². The van der Waals surface area contributed by atoms with Crippen LogP contribution in [0.25, 0.3) is 21.7 Å². The van der Waals surface area contributed by atoms with Crippen molar-refractivity contribution in [3.8, 4) is 5.75 Å². The third-order valence-electron chi connectivity index (χ3n) is 7.87. The number of hydrogen-bond acceptors (Lipinski definition) is 9. The van der Waals surface area contributed by atoms with Crippen molar-refractivity contribution in [2.75, 3.05) is 26.3 Å². The Morgan fingerprint density at radius 1 is 0.750 bits per heavy atom. The molecular weight excluding hydrogens is 727 g/mol. The molecule has 0 unspecified atom stereocenters. The predicted molar refractivity (Wildman–Crippen MR) is 191 cm³/mol. The van der Waals surface area contributed by atoms with Crippen LogP contribution in [0.4, 0.5) is 8.78 Å². The zero-order valence-electron chi connectivity index (χ0n) is 27.7. The highest BCUT2D eigenvalue weighted by Crippen LogP contribution is 2.30. The van der Waals surface area contributed by atoms with Gasteiger partial charge in [0.1, 0.15) is 22.1 Å². The third kappa shape index (κ3) is 11.3. The number of benzene rings is 4. The number of aliphatic hydroxyl groups excluding tert-OH is 1. The zero-order valence-corrected chi connectivity index (χ0v) is 29.3. The fraction of sp³-hybridized carbons (Fsp3) is 0.286. The molecule has 0 aliphatic rings. The number of phenolic OH excluding ortho intramolecular Hbond substituents is 1. The number of nitrogens with one attached hydrogen (secondary N) is 2. The van der Waals surface area contributed by atoms with Gasteiger partial charge in [0.25, 0.3) is 26.2 Å². The van der Waals surface area contributed by atoms with E-state index in [1.807, 2.05) is 0 Å². The Labute approximate surface area is 298 Å². The number of unbranched alkanes of at least 4 members (excludes halogenated alkanes) is 3. The maximum Gasteiger partial charge on any atom is 0.296 e. The minimum Gasteiger partial charge on any atom is -0.506 e. The Bertz CT molecular complexity index is 2150. The lowest BCUT2D eigenvalue weighted by atomic mass is 10.0. The van der Waals surface area contributed by atoms with Crippen LogP contribution < -0.4 is 10.9 Å². The van der Waals surface area contributed by atoms with Crippen molar-refractivity contribution in [3.05, 3.63) is 112 Å². The molecule has 0 amide bonds. The van der Waals surface area contributed by atoms with E-state index in [1.54, 1.807) is 30.3 Å². The molecule has 1 aromatic heterocycles. The van der Waals surface area contributed by atoms with Crippen molar-refractivity contribution in [1.82, 2.24) is 10.3 Å². The Balaban J connectivity index is 0.000000324. The van der Waals surface area contributed by atoms with E-state index >= 15 is 0 Å². The lowest BCUT2D eigenvalue weighted by Crippen LogP contribution is -2.23. The molecule has 282 valence electrons. The summed E-state index contributed by atoms with van der Waals surface area (Å²) in [6.07, 6.45) is 2.60. The summed E-state index contributed by atoms with van der Waals surface area (Å²) in [6, 6.07) is 21.2. The van der Waals surface area contributed by atoms with E-state index in [4.69, 9.17) is 13.8 Å². The molecule has 0 fully saturated rings. The summed E-state index contributed by atoms with van der Waals surface area (Å²) in [5, 5.41) is 24.3. The fourth-order valence-corrected chi connectivity index (χ4v) is 6.79. The number of aromatic hydroxyl groups is 1. The van der Waals surface area contributed by atoms with Crippen LogP contribution >= 0.6 is 0 Å². The maximum absolute atomic E-state index is 14.0. The summed E-state index contributed by atoms with van der Waals surface area (Å²) in [5.74, 6) is -3.02. The number of phenols is 1. The van der Waals surface area contributed by atoms with E-state index in [0.717, 1.165) is 31.4 Å². The monoisotopic (exact) mass is 766 g/mol. The predicted octanol–water partition coefficient (Wildman–Crippen LogP) is 4.73. The summed E-state index contributed by atoms with van der Waals surface area (Å²) in [6.45, 7) is 0.717. The number of hydrogen-bond donors (Lipinski definition) is 6. The van der Waals surface area contributed by atoms with Gasteiger partial charge in [0, 0.05) is 40.9 Å². The van der Waals surface area contributed by atoms with Gasteiger partial charge in [0.15, 0.2) is 0 Å². The van der Waals surface area contributed by atoms with Gasteiger partial charge in [-0.05, 0) is 49.2 Å². The third-order valence-corrected chi connectivity index (χ3v) is 9.70. The van der Waals surface area contributed by atoms with E-state index in [2.05, 4.69) is 10.3 Å². The fourth-order valence-electron chi connectivity index (χ4n) is 5.37. The summed E-state index contributed by atoms with van der Waals surface area (Å²) >= 11 is 0. The molecule has 0 saturated carbocycles. The molecule has 5 rings (SSSR count). The molecule has 0 aliphatic carbocycles. The SMILES string of the molecule is O.O=S(=O)(O)c1cccc2c(S(=O)(=O)O)cccc12.O=c1ccc2c([C@@H](O)CNCCCCCCOCC(F)(F)c3ccccc3)ccc(O)c2[nH]1. The van der Waals surface area contributed by atoms with E-state index in [1.165, 1.54) is 48.5 Å². The molecule has 17 heteroatoms. The number of halogens is 2. The normalized spacial score (nSPS) is 12.6. The highest BCUT2D eigenvalue weighted by atomic mass is 32.2. The summed E-state index contributed by atoms with van der Waals surface area (Å²) < 4.78 is 95.9. The number of H-pyrrole nitrogens is 1. The first kappa shape index (κ1) is 42.1. The smallest absolute Gasteiger partial charge is 0.296 e. The van der Waals surface area contributed by atoms with Gasteiger partial charge in [0.05, 0.1) is 11.6 Å². The van der Waals surface area contributed by atoms with Crippen molar-refractivity contribution in [2.24, 2.45) is 0 Å². The van der Waals surface area contributed by atoms with Crippen molar-refractivity contribution in [1.29, 1.82) is 0 Å². The van der Waals surface area contributed by atoms with Crippen molar-refractivity contribution < 1.29 is 55.1 Å². The molecule has 0 bridgehead atoms. The topological polar surface area (TPSA) is 235 Å². The summed E-state index contributed by atoms with van der Waals surface area (Å²) in [4.78, 5) is 13.3. The van der Waals surface area contributed by atoms with Gasteiger partial charge in [-0.25, -0.2) is 0 Å². The van der Waals surface area contributed by atoms with Crippen molar-refractivity contribution >= 4 is 41.9 Å². The highest BCUT2D eigenvalue weighted by molar-refractivity contribution is 7.86. The molecule has 13 nitrogen and oxygen atoms in total. The van der Waals surface area contributed by atoms with E-state index in [0.29, 0.717) is 42.6 Å². The van der Waals surface area contributed by atoms with Gasteiger partial charge in [0.2, 0.25) is 5.56 Å². The van der Waals surface area contributed by atoms with Crippen LogP contribution in [0.15, 0.2) is 106 Å². The Morgan fingerprint density at radius 3 is 1.94 bits per heavy atom.